The number of carbonyl (C=O) groups is 2. The average Bonchev–Trinajstić information content (AvgIpc) is 2.37. The molecule has 0 saturated carbocycles. The lowest BCUT2D eigenvalue weighted by atomic mass is 10.2. The van der Waals surface area contributed by atoms with Crippen LogP contribution >= 0.6 is 0 Å². The zero-order chi connectivity index (χ0) is 12.1. The van der Waals surface area contributed by atoms with Crippen LogP contribution in [0.1, 0.15) is 5.56 Å². The molecule has 17 heavy (non-hydrogen) atoms. The van der Waals surface area contributed by atoms with E-state index in [0.29, 0.717) is 19.6 Å². The minimum atomic E-state index is -0.191. The van der Waals surface area contributed by atoms with Crippen molar-refractivity contribution in [1.29, 1.82) is 0 Å². The third-order valence-electron chi connectivity index (χ3n) is 2.61. The normalized spacial score (nSPS) is 15.3. The number of nitrogens with zero attached hydrogens (tertiary/aromatic N) is 1. The highest BCUT2D eigenvalue weighted by molar-refractivity contribution is 5.85. The van der Waals surface area contributed by atoms with E-state index in [4.69, 9.17) is 0 Å². The lowest BCUT2D eigenvalue weighted by Gasteiger charge is -2.26. The van der Waals surface area contributed by atoms with Crippen LogP contribution in [0.15, 0.2) is 30.3 Å². The van der Waals surface area contributed by atoms with E-state index in [0.717, 1.165) is 5.56 Å². The van der Waals surface area contributed by atoms with E-state index in [1.807, 2.05) is 30.3 Å². The zero-order valence-corrected chi connectivity index (χ0v) is 9.48. The van der Waals surface area contributed by atoms with Crippen molar-refractivity contribution in [1.82, 2.24) is 15.5 Å². The molecule has 0 unspecified atom stereocenters. The smallest absolute Gasteiger partial charge is 0.318 e. The molecule has 1 aromatic carbocycles. The predicted octanol–water partition coefficient (Wildman–Crippen LogP) is 0.328. The van der Waals surface area contributed by atoms with Crippen molar-refractivity contribution in [3.8, 4) is 0 Å². The van der Waals surface area contributed by atoms with Crippen LogP contribution in [0.3, 0.4) is 0 Å². The summed E-state index contributed by atoms with van der Waals surface area (Å²) >= 11 is 0. The Hall–Kier alpha value is -2.04. The van der Waals surface area contributed by atoms with E-state index in [1.54, 1.807) is 0 Å². The van der Waals surface area contributed by atoms with Crippen LogP contribution in [0.25, 0.3) is 0 Å². The van der Waals surface area contributed by atoms with Gasteiger partial charge in [-0.2, -0.15) is 0 Å². The van der Waals surface area contributed by atoms with Crippen molar-refractivity contribution in [2.24, 2.45) is 0 Å². The Morgan fingerprint density at radius 1 is 1.35 bits per heavy atom. The first-order chi connectivity index (χ1) is 8.25. The molecule has 0 radical (unpaired) electrons. The van der Waals surface area contributed by atoms with Gasteiger partial charge < -0.3 is 15.5 Å². The van der Waals surface area contributed by atoms with Crippen LogP contribution < -0.4 is 10.6 Å². The monoisotopic (exact) mass is 233 g/mol. The molecule has 1 aliphatic rings. The number of carbonyl (C=O) groups excluding carboxylic acids is 2. The second kappa shape index (κ2) is 5.34. The van der Waals surface area contributed by atoms with E-state index < -0.39 is 0 Å². The number of amides is 3. The van der Waals surface area contributed by atoms with E-state index in [1.165, 1.54) is 4.90 Å². The standard InChI is InChI=1S/C12H15N3O2/c16-11-9-15(7-6-13-11)12(17)14-8-10-4-2-1-3-5-10/h1-5H,6-9H2,(H,13,16)(H,14,17). The number of rotatable bonds is 2. The molecule has 0 bridgehead atoms. The third kappa shape index (κ3) is 3.21. The van der Waals surface area contributed by atoms with Crippen LogP contribution in [0.5, 0.6) is 0 Å². The molecule has 1 fully saturated rings. The van der Waals surface area contributed by atoms with Crippen LogP contribution in [0.2, 0.25) is 0 Å². The molecule has 1 saturated heterocycles. The highest BCUT2D eigenvalue weighted by Crippen LogP contribution is 1.99. The Labute approximate surface area is 99.8 Å². The topological polar surface area (TPSA) is 61.4 Å². The van der Waals surface area contributed by atoms with Crippen LogP contribution in [-0.4, -0.2) is 36.5 Å². The molecule has 2 N–H and O–H groups in total. The highest BCUT2D eigenvalue weighted by Gasteiger charge is 2.20. The van der Waals surface area contributed by atoms with Gasteiger partial charge in [0.15, 0.2) is 0 Å². The summed E-state index contributed by atoms with van der Waals surface area (Å²) in [4.78, 5) is 24.4. The number of benzene rings is 1. The largest absolute Gasteiger partial charge is 0.353 e. The lowest BCUT2D eigenvalue weighted by molar-refractivity contribution is -0.123. The van der Waals surface area contributed by atoms with Gasteiger partial charge in [-0.3, -0.25) is 4.79 Å². The van der Waals surface area contributed by atoms with Gasteiger partial charge >= 0.3 is 6.03 Å². The number of piperazine rings is 1. The number of hydrogen-bond donors (Lipinski definition) is 2. The molecular formula is C12H15N3O2. The maximum atomic E-state index is 11.8. The van der Waals surface area contributed by atoms with Gasteiger partial charge in [-0.25, -0.2) is 4.79 Å². The molecule has 90 valence electrons. The maximum Gasteiger partial charge on any atom is 0.318 e. The van der Waals surface area contributed by atoms with Crippen LogP contribution in [0, 0.1) is 0 Å². The van der Waals surface area contributed by atoms with Gasteiger partial charge in [-0.05, 0) is 5.56 Å². The Bertz CT molecular complexity index is 405. The fourth-order valence-electron chi connectivity index (χ4n) is 1.70. The van der Waals surface area contributed by atoms with E-state index >= 15 is 0 Å². The number of urea groups is 1. The molecule has 5 nitrogen and oxygen atoms in total. The predicted molar refractivity (Wildman–Crippen MR) is 63.3 cm³/mol. The Morgan fingerprint density at radius 2 is 2.12 bits per heavy atom. The molecule has 3 amide bonds. The fourth-order valence-corrected chi connectivity index (χ4v) is 1.70. The molecule has 5 heteroatoms. The Kier molecular flexibility index (Phi) is 3.59. The van der Waals surface area contributed by atoms with Gasteiger partial charge in [0, 0.05) is 19.6 Å². The minimum Gasteiger partial charge on any atom is -0.353 e. The molecule has 0 spiro atoms. The average molecular weight is 233 g/mol. The quantitative estimate of drug-likeness (QED) is 0.773. The van der Waals surface area contributed by atoms with Gasteiger partial charge in [-0.1, -0.05) is 30.3 Å². The number of nitrogens with one attached hydrogen (secondary N) is 2. The fraction of sp³-hybridized carbons (Fsp3) is 0.333. The van der Waals surface area contributed by atoms with Crippen LogP contribution in [0.4, 0.5) is 4.79 Å². The van der Waals surface area contributed by atoms with Crippen molar-refractivity contribution in [3.05, 3.63) is 35.9 Å². The SMILES string of the molecule is O=C1CN(C(=O)NCc2ccccc2)CCN1. The van der Waals surface area contributed by atoms with Gasteiger partial charge in [0.05, 0.1) is 0 Å². The molecule has 1 aliphatic heterocycles. The van der Waals surface area contributed by atoms with Crippen molar-refractivity contribution in [2.45, 2.75) is 6.54 Å². The summed E-state index contributed by atoms with van der Waals surface area (Å²) in [7, 11) is 0. The highest BCUT2D eigenvalue weighted by atomic mass is 16.2. The maximum absolute atomic E-state index is 11.8. The van der Waals surface area contributed by atoms with E-state index in [2.05, 4.69) is 10.6 Å². The van der Waals surface area contributed by atoms with E-state index in [9.17, 15) is 9.59 Å². The van der Waals surface area contributed by atoms with Crippen molar-refractivity contribution in [2.75, 3.05) is 19.6 Å². The van der Waals surface area contributed by atoms with Gasteiger partial charge in [0.25, 0.3) is 0 Å². The molecule has 2 rings (SSSR count). The molecule has 0 atom stereocenters. The summed E-state index contributed by atoms with van der Waals surface area (Å²) in [6.45, 7) is 1.71. The molecule has 0 aliphatic carbocycles. The van der Waals surface area contributed by atoms with E-state index in [-0.39, 0.29) is 18.5 Å². The first kappa shape index (κ1) is 11.4. The zero-order valence-electron chi connectivity index (χ0n) is 9.48. The van der Waals surface area contributed by atoms with Gasteiger partial charge in [0.2, 0.25) is 5.91 Å². The summed E-state index contributed by atoms with van der Waals surface area (Å²) in [6.07, 6.45) is 0. The minimum absolute atomic E-state index is 0.105. The number of hydrogen-bond acceptors (Lipinski definition) is 2. The first-order valence-corrected chi connectivity index (χ1v) is 5.59. The molecule has 0 aromatic heterocycles. The van der Waals surface area contributed by atoms with Crippen molar-refractivity contribution >= 4 is 11.9 Å². The van der Waals surface area contributed by atoms with Crippen molar-refractivity contribution in [3.63, 3.8) is 0 Å². The molecular weight excluding hydrogens is 218 g/mol. The Morgan fingerprint density at radius 3 is 2.82 bits per heavy atom. The van der Waals surface area contributed by atoms with Gasteiger partial charge in [-0.15, -0.1) is 0 Å². The summed E-state index contributed by atoms with van der Waals surface area (Å²) in [6, 6.07) is 9.49. The Balaban J connectivity index is 1.83. The second-order valence-corrected chi connectivity index (χ2v) is 3.92. The van der Waals surface area contributed by atoms with Gasteiger partial charge in [0.1, 0.15) is 6.54 Å². The molecule has 1 heterocycles. The van der Waals surface area contributed by atoms with Crippen molar-refractivity contribution < 1.29 is 9.59 Å². The summed E-state index contributed by atoms with van der Waals surface area (Å²) in [5, 5.41) is 5.48. The first-order valence-electron chi connectivity index (χ1n) is 5.59. The summed E-state index contributed by atoms with van der Waals surface area (Å²) in [5.74, 6) is -0.105. The second-order valence-electron chi connectivity index (χ2n) is 3.92. The lowest BCUT2D eigenvalue weighted by Crippen LogP contribution is -2.52. The van der Waals surface area contributed by atoms with Crippen LogP contribution in [-0.2, 0) is 11.3 Å². The molecule has 1 aromatic rings. The summed E-state index contributed by atoms with van der Waals surface area (Å²) < 4.78 is 0. The summed E-state index contributed by atoms with van der Waals surface area (Å²) in [5.41, 5.74) is 1.04. The third-order valence-corrected chi connectivity index (χ3v) is 2.61.